The first-order valence-electron chi connectivity index (χ1n) is 8.32. The Labute approximate surface area is 146 Å². The summed E-state index contributed by atoms with van der Waals surface area (Å²) in [5.74, 6) is -3.95. The number of rotatable bonds is 2. The summed E-state index contributed by atoms with van der Waals surface area (Å²) in [5, 5.41) is 9.86. The van der Waals surface area contributed by atoms with E-state index in [4.69, 9.17) is 0 Å². The minimum atomic E-state index is -1.49. The van der Waals surface area contributed by atoms with Crippen LogP contribution in [0.25, 0.3) is 27.8 Å². The van der Waals surface area contributed by atoms with Crippen molar-refractivity contribution in [2.75, 3.05) is 0 Å². The molecule has 5 rings (SSSR count). The maximum atomic E-state index is 14.5. The number of hydrogen-bond donors (Lipinski definition) is 0. The number of aromatic nitrogens is 4. The van der Waals surface area contributed by atoms with Crippen molar-refractivity contribution in [3.05, 3.63) is 65.7 Å². The van der Waals surface area contributed by atoms with Gasteiger partial charge in [0.2, 0.25) is 0 Å². The minimum absolute atomic E-state index is 0.0691. The molecular formula is C19H13F3N4. The molecule has 0 N–H and O–H groups in total. The van der Waals surface area contributed by atoms with Gasteiger partial charge in [0.1, 0.15) is 11.4 Å². The molecule has 7 heteroatoms. The SMILES string of the molecule is Fc1ccc(-c2nn3c(c2-n2ncc4ccccc42)CCC3)c(F)c1F. The summed E-state index contributed by atoms with van der Waals surface area (Å²) >= 11 is 0. The largest absolute Gasteiger partial charge is 0.267 e. The van der Waals surface area contributed by atoms with Crippen LogP contribution in [0.2, 0.25) is 0 Å². The van der Waals surface area contributed by atoms with Crippen molar-refractivity contribution >= 4 is 10.9 Å². The van der Waals surface area contributed by atoms with Crippen LogP contribution in [0.1, 0.15) is 12.1 Å². The Morgan fingerprint density at radius 3 is 2.69 bits per heavy atom. The lowest BCUT2D eigenvalue weighted by Crippen LogP contribution is -2.02. The number of aryl methyl sites for hydroxylation is 1. The molecule has 4 aromatic rings. The van der Waals surface area contributed by atoms with Gasteiger partial charge in [0.15, 0.2) is 17.5 Å². The molecule has 0 aliphatic carbocycles. The molecule has 0 amide bonds. The Hall–Kier alpha value is -3.09. The third kappa shape index (κ3) is 2.03. The van der Waals surface area contributed by atoms with Gasteiger partial charge in [0.05, 0.1) is 17.4 Å². The second-order valence-corrected chi connectivity index (χ2v) is 6.31. The lowest BCUT2D eigenvalue weighted by atomic mass is 10.1. The highest BCUT2D eigenvalue weighted by molar-refractivity contribution is 5.83. The molecule has 3 heterocycles. The highest BCUT2D eigenvalue weighted by Gasteiger charge is 2.28. The molecule has 0 saturated heterocycles. The van der Waals surface area contributed by atoms with Gasteiger partial charge in [0.25, 0.3) is 0 Å². The van der Waals surface area contributed by atoms with Crippen molar-refractivity contribution in [1.82, 2.24) is 19.6 Å². The number of benzene rings is 2. The smallest absolute Gasteiger partial charge is 0.195 e. The van der Waals surface area contributed by atoms with Crippen molar-refractivity contribution < 1.29 is 13.2 Å². The maximum absolute atomic E-state index is 14.5. The van der Waals surface area contributed by atoms with Crippen LogP contribution < -0.4 is 0 Å². The van der Waals surface area contributed by atoms with Gasteiger partial charge in [-0.05, 0) is 31.0 Å². The Morgan fingerprint density at radius 2 is 1.81 bits per heavy atom. The predicted octanol–water partition coefficient (Wildman–Crippen LogP) is 4.25. The van der Waals surface area contributed by atoms with E-state index in [2.05, 4.69) is 10.2 Å². The van der Waals surface area contributed by atoms with Crippen molar-refractivity contribution in [3.63, 3.8) is 0 Å². The summed E-state index contributed by atoms with van der Waals surface area (Å²) in [4.78, 5) is 0. The summed E-state index contributed by atoms with van der Waals surface area (Å²) in [6.07, 6.45) is 3.41. The van der Waals surface area contributed by atoms with Gasteiger partial charge in [-0.25, -0.2) is 17.9 Å². The molecule has 0 saturated carbocycles. The van der Waals surface area contributed by atoms with Gasteiger partial charge in [-0.1, -0.05) is 18.2 Å². The maximum Gasteiger partial charge on any atom is 0.195 e. The van der Waals surface area contributed by atoms with Crippen LogP contribution in [0.15, 0.2) is 42.6 Å². The summed E-state index contributed by atoms with van der Waals surface area (Å²) < 4.78 is 45.1. The Bertz CT molecular complexity index is 1160. The van der Waals surface area contributed by atoms with Gasteiger partial charge in [-0.2, -0.15) is 10.2 Å². The molecule has 4 nitrogen and oxygen atoms in total. The second-order valence-electron chi connectivity index (χ2n) is 6.31. The number of nitrogens with zero attached hydrogens (tertiary/aromatic N) is 4. The van der Waals surface area contributed by atoms with E-state index in [1.807, 2.05) is 24.3 Å². The number of halogens is 3. The Morgan fingerprint density at radius 1 is 0.962 bits per heavy atom. The zero-order valence-electron chi connectivity index (χ0n) is 13.6. The molecule has 2 aromatic heterocycles. The average Bonchev–Trinajstić information content (AvgIpc) is 3.34. The molecule has 2 aromatic carbocycles. The predicted molar refractivity (Wildman–Crippen MR) is 90.5 cm³/mol. The van der Waals surface area contributed by atoms with Crippen LogP contribution in [-0.4, -0.2) is 19.6 Å². The summed E-state index contributed by atoms with van der Waals surface area (Å²) in [5.41, 5.74) is 2.58. The van der Waals surface area contributed by atoms with Crippen LogP contribution >= 0.6 is 0 Å². The number of para-hydroxylation sites is 1. The fraction of sp³-hybridized carbons (Fsp3) is 0.158. The highest BCUT2D eigenvalue weighted by Crippen LogP contribution is 2.36. The van der Waals surface area contributed by atoms with Crippen LogP contribution in [0.4, 0.5) is 13.2 Å². The molecule has 0 spiro atoms. The molecule has 1 aliphatic rings. The molecule has 26 heavy (non-hydrogen) atoms. The first-order valence-corrected chi connectivity index (χ1v) is 8.32. The lowest BCUT2D eigenvalue weighted by Gasteiger charge is -2.08. The van der Waals surface area contributed by atoms with Crippen molar-refractivity contribution in [1.29, 1.82) is 0 Å². The standard InChI is InChI=1S/C19H13F3N4/c20-13-8-7-12(16(21)17(13)22)18-19(15-6-3-9-25(15)24-18)26-14-5-2-1-4-11(14)10-23-26/h1-2,4-5,7-8,10H,3,6,9H2. The summed E-state index contributed by atoms with van der Waals surface area (Å²) in [7, 11) is 0. The van der Waals surface area contributed by atoms with Crippen molar-refractivity contribution in [2.24, 2.45) is 0 Å². The fourth-order valence-electron chi connectivity index (χ4n) is 3.58. The minimum Gasteiger partial charge on any atom is -0.267 e. The molecule has 130 valence electrons. The third-order valence-electron chi connectivity index (χ3n) is 4.79. The third-order valence-corrected chi connectivity index (χ3v) is 4.79. The topological polar surface area (TPSA) is 35.6 Å². The van der Waals surface area contributed by atoms with E-state index in [9.17, 15) is 13.2 Å². The normalized spacial score (nSPS) is 13.5. The lowest BCUT2D eigenvalue weighted by molar-refractivity contribution is 0.448. The van der Waals surface area contributed by atoms with Gasteiger partial charge in [0, 0.05) is 17.5 Å². The van der Waals surface area contributed by atoms with Crippen LogP contribution in [-0.2, 0) is 13.0 Å². The molecule has 0 fully saturated rings. The first-order chi connectivity index (χ1) is 12.6. The molecule has 1 aliphatic heterocycles. The fourth-order valence-corrected chi connectivity index (χ4v) is 3.58. The van der Waals surface area contributed by atoms with E-state index in [0.717, 1.165) is 35.5 Å². The van der Waals surface area contributed by atoms with E-state index in [-0.39, 0.29) is 11.3 Å². The molecule has 0 bridgehead atoms. The van der Waals surface area contributed by atoms with E-state index in [1.165, 1.54) is 6.07 Å². The second kappa shape index (κ2) is 5.45. The molecular weight excluding hydrogens is 341 g/mol. The van der Waals surface area contributed by atoms with Gasteiger partial charge in [-0.3, -0.25) is 4.68 Å². The Kier molecular flexibility index (Phi) is 3.19. The molecule has 0 unspecified atom stereocenters. The van der Waals surface area contributed by atoms with Crippen molar-refractivity contribution in [3.8, 4) is 16.9 Å². The van der Waals surface area contributed by atoms with Gasteiger partial charge < -0.3 is 0 Å². The molecule has 0 radical (unpaired) electrons. The van der Waals surface area contributed by atoms with Gasteiger partial charge >= 0.3 is 0 Å². The molecule has 0 atom stereocenters. The van der Waals surface area contributed by atoms with E-state index in [0.29, 0.717) is 12.2 Å². The highest BCUT2D eigenvalue weighted by atomic mass is 19.2. The van der Waals surface area contributed by atoms with E-state index < -0.39 is 17.5 Å². The van der Waals surface area contributed by atoms with Crippen LogP contribution in [0, 0.1) is 17.5 Å². The zero-order chi connectivity index (χ0) is 17.8. The summed E-state index contributed by atoms with van der Waals surface area (Å²) in [6, 6.07) is 9.78. The van der Waals surface area contributed by atoms with E-state index >= 15 is 0 Å². The van der Waals surface area contributed by atoms with Gasteiger partial charge in [-0.15, -0.1) is 0 Å². The Balaban J connectivity index is 1.83. The van der Waals surface area contributed by atoms with Crippen LogP contribution in [0.5, 0.6) is 0 Å². The summed E-state index contributed by atoms with van der Waals surface area (Å²) in [6.45, 7) is 0.701. The monoisotopic (exact) mass is 354 g/mol. The average molecular weight is 354 g/mol. The number of hydrogen-bond acceptors (Lipinski definition) is 2. The quantitative estimate of drug-likeness (QED) is 0.505. The first kappa shape index (κ1) is 15.2. The van der Waals surface area contributed by atoms with Crippen molar-refractivity contribution in [2.45, 2.75) is 19.4 Å². The zero-order valence-corrected chi connectivity index (χ0v) is 13.6. The van der Waals surface area contributed by atoms with E-state index in [1.54, 1.807) is 15.6 Å². The van der Waals surface area contributed by atoms with Crippen LogP contribution in [0.3, 0.4) is 0 Å². The number of fused-ring (bicyclic) bond motifs is 2.